The van der Waals surface area contributed by atoms with Crippen LogP contribution in [-0.2, 0) is 19.2 Å². The monoisotopic (exact) mass is 415 g/mol. The van der Waals surface area contributed by atoms with E-state index in [0.717, 1.165) is 62.7 Å². The molecular weight excluding hydrogens is 382 g/mol. The zero-order chi connectivity index (χ0) is 20.9. The summed E-state index contributed by atoms with van der Waals surface area (Å²) < 4.78 is 0. The Balaban J connectivity index is 1.07. The maximum Gasteiger partial charge on any atom is 0.240 e. The van der Waals surface area contributed by atoms with E-state index < -0.39 is 0 Å². The predicted molar refractivity (Wildman–Crippen MR) is 108 cm³/mol. The number of amides is 4. The Labute approximate surface area is 177 Å². The lowest BCUT2D eigenvalue weighted by atomic mass is 9.49. The highest BCUT2D eigenvalue weighted by molar-refractivity contribution is 6.05. The summed E-state index contributed by atoms with van der Waals surface area (Å²) in [7, 11) is 0. The summed E-state index contributed by atoms with van der Waals surface area (Å²) in [6.45, 7) is 0.0986. The van der Waals surface area contributed by atoms with Crippen molar-refractivity contribution in [2.24, 2.45) is 35.0 Å². The normalized spacial score (nSPS) is 39.2. The van der Waals surface area contributed by atoms with Crippen LogP contribution in [0.2, 0.25) is 0 Å². The topological polar surface area (TPSA) is 95.6 Å². The van der Waals surface area contributed by atoms with Crippen LogP contribution in [0.25, 0.3) is 0 Å². The molecule has 6 aliphatic rings. The number of rotatable bonds is 5. The summed E-state index contributed by atoms with van der Waals surface area (Å²) in [5, 5.41) is 0. The van der Waals surface area contributed by atoms with Gasteiger partial charge in [-0.25, -0.2) is 0 Å². The van der Waals surface area contributed by atoms with E-state index in [1.54, 1.807) is 0 Å². The van der Waals surface area contributed by atoms with Crippen LogP contribution in [0.4, 0.5) is 0 Å². The number of carbonyl (C=O) groups excluding carboxylic acids is 4. The Morgan fingerprint density at radius 2 is 1.33 bits per heavy atom. The van der Waals surface area contributed by atoms with E-state index in [-0.39, 0.29) is 53.8 Å². The standard InChI is InChI=1S/C23H33N3O4/c27-19(5-6-26-21(29)17-3-1-2-4-18(17)22(26)30)24-25-20(28)13-23-10-14-7-15(11-23)9-16(8-14)12-23/h14-18H,1-13H2,(H,24,27)(H,25,28)/t14?,15?,16?,17-,18-,23?/m1/s1. The van der Waals surface area contributed by atoms with Crippen molar-refractivity contribution < 1.29 is 19.2 Å². The van der Waals surface area contributed by atoms with Crippen molar-refractivity contribution >= 4 is 23.6 Å². The molecule has 0 aromatic carbocycles. The Bertz CT molecular complexity index is 704. The van der Waals surface area contributed by atoms with Crippen molar-refractivity contribution in [3.8, 4) is 0 Å². The number of likely N-dealkylation sites (tertiary alicyclic amines) is 1. The summed E-state index contributed by atoms with van der Waals surface area (Å²) >= 11 is 0. The molecule has 30 heavy (non-hydrogen) atoms. The maximum absolute atomic E-state index is 12.5. The zero-order valence-corrected chi connectivity index (χ0v) is 17.7. The zero-order valence-electron chi connectivity index (χ0n) is 17.7. The molecule has 4 amide bonds. The number of hydrogen-bond acceptors (Lipinski definition) is 4. The molecule has 1 heterocycles. The lowest BCUT2D eigenvalue weighted by Gasteiger charge is -2.56. The van der Waals surface area contributed by atoms with Gasteiger partial charge < -0.3 is 0 Å². The van der Waals surface area contributed by atoms with Crippen molar-refractivity contribution in [1.29, 1.82) is 0 Å². The van der Waals surface area contributed by atoms with Gasteiger partial charge in [0.05, 0.1) is 11.8 Å². The molecule has 1 saturated heterocycles. The average Bonchev–Trinajstić information content (AvgIpc) is 2.94. The van der Waals surface area contributed by atoms with Crippen LogP contribution >= 0.6 is 0 Å². The third kappa shape index (κ3) is 3.65. The van der Waals surface area contributed by atoms with Crippen molar-refractivity contribution in [3.63, 3.8) is 0 Å². The first kappa shape index (κ1) is 20.0. The van der Waals surface area contributed by atoms with Gasteiger partial charge in [-0.05, 0) is 74.5 Å². The second-order valence-electron chi connectivity index (χ2n) is 10.8. The summed E-state index contributed by atoms with van der Waals surface area (Å²) in [4.78, 5) is 51.0. The molecule has 0 spiro atoms. The van der Waals surface area contributed by atoms with E-state index in [9.17, 15) is 19.2 Å². The molecule has 7 heteroatoms. The molecule has 164 valence electrons. The van der Waals surface area contributed by atoms with Gasteiger partial charge in [-0.15, -0.1) is 0 Å². The Kier molecular flexibility index (Phi) is 5.10. The van der Waals surface area contributed by atoms with Crippen LogP contribution in [0, 0.1) is 35.0 Å². The Morgan fingerprint density at radius 1 is 0.833 bits per heavy atom. The molecule has 6 fully saturated rings. The molecular formula is C23H33N3O4. The second-order valence-corrected chi connectivity index (χ2v) is 10.8. The summed E-state index contributed by atoms with van der Waals surface area (Å²) in [5.74, 6) is 1.28. The van der Waals surface area contributed by atoms with Gasteiger partial charge in [-0.1, -0.05) is 12.8 Å². The molecule has 0 aromatic heterocycles. The fourth-order valence-electron chi connectivity index (χ4n) is 7.76. The van der Waals surface area contributed by atoms with Crippen LogP contribution in [0.3, 0.4) is 0 Å². The van der Waals surface area contributed by atoms with Gasteiger partial charge in [0.1, 0.15) is 0 Å². The van der Waals surface area contributed by atoms with Crippen LogP contribution in [0.1, 0.15) is 77.0 Å². The molecule has 2 atom stereocenters. The van der Waals surface area contributed by atoms with Crippen molar-refractivity contribution in [3.05, 3.63) is 0 Å². The van der Waals surface area contributed by atoms with Gasteiger partial charge in [0, 0.05) is 19.4 Å². The van der Waals surface area contributed by atoms with Gasteiger partial charge >= 0.3 is 0 Å². The van der Waals surface area contributed by atoms with Gasteiger partial charge in [-0.2, -0.15) is 0 Å². The Hall–Kier alpha value is -1.92. The highest BCUT2D eigenvalue weighted by atomic mass is 16.2. The number of nitrogens with zero attached hydrogens (tertiary/aromatic N) is 1. The summed E-state index contributed by atoms with van der Waals surface area (Å²) in [6, 6.07) is 0. The Morgan fingerprint density at radius 3 is 1.87 bits per heavy atom. The molecule has 7 nitrogen and oxygen atoms in total. The van der Waals surface area contributed by atoms with E-state index in [4.69, 9.17) is 0 Å². The third-order valence-electron chi connectivity index (χ3n) is 8.54. The van der Waals surface area contributed by atoms with E-state index in [0.29, 0.717) is 6.42 Å². The lowest BCUT2D eigenvalue weighted by molar-refractivity contribution is -0.141. The van der Waals surface area contributed by atoms with Gasteiger partial charge in [0.25, 0.3) is 0 Å². The number of nitrogens with one attached hydrogen (secondary N) is 2. The quantitative estimate of drug-likeness (QED) is 0.532. The number of hydrogen-bond donors (Lipinski definition) is 2. The molecule has 0 unspecified atom stereocenters. The van der Waals surface area contributed by atoms with Crippen molar-refractivity contribution in [1.82, 2.24) is 15.8 Å². The predicted octanol–water partition coefficient (Wildman–Crippen LogP) is 2.31. The average molecular weight is 416 g/mol. The molecule has 5 saturated carbocycles. The molecule has 4 bridgehead atoms. The molecule has 0 aromatic rings. The summed E-state index contributed by atoms with van der Waals surface area (Å²) in [5.41, 5.74) is 5.21. The summed E-state index contributed by atoms with van der Waals surface area (Å²) in [6.07, 6.45) is 11.5. The third-order valence-corrected chi connectivity index (χ3v) is 8.54. The van der Waals surface area contributed by atoms with Gasteiger partial charge in [0.2, 0.25) is 23.6 Å². The highest BCUT2D eigenvalue weighted by Crippen LogP contribution is 2.61. The van der Waals surface area contributed by atoms with E-state index >= 15 is 0 Å². The first-order valence-corrected chi connectivity index (χ1v) is 11.9. The van der Waals surface area contributed by atoms with Crippen molar-refractivity contribution in [2.45, 2.75) is 77.0 Å². The lowest BCUT2D eigenvalue weighted by Crippen LogP contribution is -2.50. The van der Waals surface area contributed by atoms with E-state index in [1.165, 1.54) is 24.2 Å². The van der Waals surface area contributed by atoms with Crippen LogP contribution in [0.15, 0.2) is 0 Å². The van der Waals surface area contributed by atoms with Gasteiger partial charge in [-0.3, -0.25) is 34.9 Å². The molecule has 2 N–H and O–H groups in total. The minimum absolute atomic E-state index is 0.0224. The fraction of sp³-hybridized carbons (Fsp3) is 0.826. The second kappa shape index (κ2) is 7.65. The smallest absolute Gasteiger partial charge is 0.240 e. The number of imide groups is 1. The molecule has 6 rings (SSSR count). The molecule has 5 aliphatic carbocycles. The van der Waals surface area contributed by atoms with Gasteiger partial charge in [0.15, 0.2) is 0 Å². The highest BCUT2D eigenvalue weighted by Gasteiger charge is 2.51. The number of fused-ring (bicyclic) bond motifs is 1. The number of carbonyl (C=O) groups is 4. The minimum Gasteiger partial charge on any atom is -0.282 e. The van der Waals surface area contributed by atoms with Crippen LogP contribution in [0.5, 0.6) is 0 Å². The SMILES string of the molecule is O=C(CCN1C(=O)[C@@H]2CCCC[C@H]2C1=O)NNC(=O)CC12CC3CC(CC(C3)C1)C2. The van der Waals surface area contributed by atoms with Crippen LogP contribution < -0.4 is 10.9 Å². The van der Waals surface area contributed by atoms with E-state index in [1.807, 2.05) is 0 Å². The molecule has 0 radical (unpaired) electrons. The first-order chi connectivity index (χ1) is 14.4. The molecule has 1 aliphatic heterocycles. The fourth-order valence-corrected chi connectivity index (χ4v) is 7.76. The number of hydrazine groups is 1. The first-order valence-electron chi connectivity index (χ1n) is 11.9. The minimum atomic E-state index is -0.357. The van der Waals surface area contributed by atoms with Crippen molar-refractivity contribution in [2.75, 3.05) is 6.54 Å². The van der Waals surface area contributed by atoms with E-state index in [2.05, 4.69) is 10.9 Å². The largest absolute Gasteiger partial charge is 0.282 e. The maximum atomic E-state index is 12.5. The van der Waals surface area contributed by atoms with Crippen LogP contribution in [-0.4, -0.2) is 35.1 Å².